The molecule has 4 nitrogen and oxygen atoms in total. The molecule has 0 heterocycles. The molecule has 1 rings (SSSR count). The maximum atomic E-state index is 9.03. The highest BCUT2D eigenvalue weighted by molar-refractivity contribution is 5.32. The standard InChI is InChI=1S/C11H17NO3/c12-10(8-14)5-6-15-11-4-2-1-3-9(11)7-13/h1-4,10,13-14H,5-8,12H2. The fourth-order valence-electron chi connectivity index (χ4n) is 1.19. The zero-order valence-electron chi connectivity index (χ0n) is 8.60. The van der Waals surface area contributed by atoms with Gasteiger partial charge in [-0.15, -0.1) is 0 Å². The Hall–Kier alpha value is -1.10. The van der Waals surface area contributed by atoms with Crippen LogP contribution in [0.25, 0.3) is 0 Å². The van der Waals surface area contributed by atoms with Crippen molar-refractivity contribution in [2.45, 2.75) is 19.1 Å². The molecule has 15 heavy (non-hydrogen) atoms. The van der Waals surface area contributed by atoms with Gasteiger partial charge in [-0.05, 0) is 12.5 Å². The first kappa shape index (κ1) is 12.0. The lowest BCUT2D eigenvalue weighted by Crippen LogP contribution is -2.26. The summed E-state index contributed by atoms with van der Waals surface area (Å²) in [6, 6.07) is 7.06. The van der Waals surface area contributed by atoms with Crippen LogP contribution in [0.3, 0.4) is 0 Å². The summed E-state index contributed by atoms with van der Waals surface area (Å²) in [5.41, 5.74) is 6.29. The summed E-state index contributed by atoms with van der Waals surface area (Å²) in [7, 11) is 0. The Morgan fingerprint density at radius 1 is 1.27 bits per heavy atom. The quantitative estimate of drug-likeness (QED) is 0.631. The number of nitrogens with two attached hydrogens (primary N) is 1. The Bertz CT molecular complexity index is 291. The number of hydrogen-bond acceptors (Lipinski definition) is 4. The molecule has 0 saturated carbocycles. The molecular formula is C11H17NO3. The number of ether oxygens (including phenoxy) is 1. The monoisotopic (exact) mass is 211 g/mol. The second-order valence-electron chi connectivity index (χ2n) is 3.35. The molecule has 0 aliphatic carbocycles. The summed E-state index contributed by atoms with van der Waals surface area (Å²) in [5, 5.41) is 17.7. The SMILES string of the molecule is NC(CO)CCOc1ccccc1CO. The molecule has 0 aromatic heterocycles. The number of benzene rings is 1. The lowest BCUT2D eigenvalue weighted by atomic mass is 10.2. The lowest BCUT2D eigenvalue weighted by molar-refractivity contribution is 0.225. The first-order chi connectivity index (χ1) is 7.27. The Morgan fingerprint density at radius 3 is 2.67 bits per heavy atom. The summed E-state index contributed by atoms with van der Waals surface area (Å²) in [6.07, 6.45) is 0.594. The smallest absolute Gasteiger partial charge is 0.124 e. The van der Waals surface area contributed by atoms with Gasteiger partial charge in [0, 0.05) is 11.6 Å². The van der Waals surface area contributed by atoms with E-state index in [1.807, 2.05) is 12.1 Å². The van der Waals surface area contributed by atoms with Crippen LogP contribution < -0.4 is 10.5 Å². The fourth-order valence-corrected chi connectivity index (χ4v) is 1.19. The van der Waals surface area contributed by atoms with Crippen molar-refractivity contribution in [2.75, 3.05) is 13.2 Å². The van der Waals surface area contributed by atoms with Gasteiger partial charge >= 0.3 is 0 Å². The average molecular weight is 211 g/mol. The summed E-state index contributed by atoms with van der Waals surface area (Å²) in [4.78, 5) is 0. The highest BCUT2D eigenvalue weighted by Crippen LogP contribution is 2.17. The fraction of sp³-hybridized carbons (Fsp3) is 0.455. The Labute approximate surface area is 89.3 Å². The maximum Gasteiger partial charge on any atom is 0.124 e. The van der Waals surface area contributed by atoms with Crippen molar-refractivity contribution in [1.29, 1.82) is 0 Å². The summed E-state index contributed by atoms with van der Waals surface area (Å²) < 4.78 is 5.45. The highest BCUT2D eigenvalue weighted by Gasteiger charge is 2.03. The number of aliphatic hydroxyl groups is 2. The van der Waals surface area contributed by atoms with Crippen LogP contribution in [-0.2, 0) is 6.61 Å². The molecule has 0 aliphatic rings. The molecule has 4 N–H and O–H groups in total. The summed E-state index contributed by atoms with van der Waals surface area (Å²) >= 11 is 0. The van der Waals surface area contributed by atoms with Gasteiger partial charge in [0.1, 0.15) is 5.75 Å². The Morgan fingerprint density at radius 2 is 2.00 bits per heavy atom. The van der Waals surface area contributed by atoms with Gasteiger partial charge < -0.3 is 20.7 Å². The van der Waals surface area contributed by atoms with Crippen LogP contribution in [0.2, 0.25) is 0 Å². The van der Waals surface area contributed by atoms with E-state index < -0.39 is 0 Å². The van der Waals surface area contributed by atoms with Crippen molar-refractivity contribution < 1.29 is 14.9 Å². The van der Waals surface area contributed by atoms with Crippen molar-refractivity contribution >= 4 is 0 Å². The molecule has 0 bridgehead atoms. The Kier molecular flexibility index (Phi) is 5.10. The van der Waals surface area contributed by atoms with E-state index >= 15 is 0 Å². The molecule has 1 atom stereocenters. The third-order valence-electron chi connectivity index (χ3n) is 2.12. The molecule has 0 aliphatic heterocycles. The van der Waals surface area contributed by atoms with E-state index in [9.17, 15) is 0 Å². The van der Waals surface area contributed by atoms with Crippen LogP contribution in [0.5, 0.6) is 5.75 Å². The van der Waals surface area contributed by atoms with E-state index in [1.54, 1.807) is 12.1 Å². The van der Waals surface area contributed by atoms with Crippen molar-refractivity contribution in [3.8, 4) is 5.75 Å². The summed E-state index contributed by atoms with van der Waals surface area (Å²) in [6.45, 7) is 0.367. The number of para-hydroxylation sites is 1. The van der Waals surface area contributed by atoms with E-state index in [2.05, 4.69) is 0 Å². The minimum absolute atomic E-state index is 0.0367. The molecular weight excluding hydrogens is 194 g/mol. The van der Waals surface area contributed by atoms with E-state index in [0.29, 0.717) is 18.8 Å². The molecule has 0 radical (unpaired) electrons. The third kappa shape index (κ3) is 3.87. The molecule has 0 amide bonds. The van der Waals surface area contributed by atoms with Crippen LogP contribution in [0.4, 0.5) is 0 Å². The highest BCUT2D eigenvalue weighted by atomic mass is 16.5. The second-order valence-corrected chi connectivity index (χ2v) is 3.35. The maximum absolute atomic E-state index is 9.03. The molecule has 0 fully saturated rings. The van der Waals surface area contributed by atoms with Gasteiger partial charge in [-0.3, -0.25) is 0 Å². The van der Waals surface area contributed by atoms with E-state index in [0.717, 1.165) is 5.56 Å². The second kappa shape index (κ2) is 6.40. The predicted molar refractivity (Wildman–Crippen MR) is 57.5 cm³/mol. The number of hydrogen-bond donors (Lipinski definition) is 3. The zero-order valence-corrected chi connectivity index (χ0v) is 8.60. The molecule has 0 saturated heterocycles. The first-order valence-electron chi connectivity index (χ1n) is 4.96. The van der Waals surface area contributed by atoms with Crippen LogP contribution in [0.15, 0.2) is 24.3 Å². The lowest BCUT2D eigenvalue weighted by Gasteiger charge is -2.11. The normalized spacial score (nSPS) is 12.5. The number of aliphatic hydroxyl groups excluding tert-OH is 2. The van der Waals surface area contributed by atoms with Gasteiger partial charge in [-0.2, -0.15) is 0 Å². The van der Waals surface area contributed by atoms with E-state index in [4.69, 9.17) is 20.7 Å². The average Bonchev–Trinajstić information content (AvgIpc) is 2.29. The molecule has 1 aromatic rings. The minimum Gasteiger partial charge on any atom is -0.493 e. The van der Waals surface area contributed by atoms with Crippen molar-refractivity contribution in [3.05, 3.63) is 29.8 Å². The molecule has 4 heteroatoms. The van der Waals surface area contributed by atoms with Gasteiger partial charge in [-0.1, -0.05) is 18.2 Å². The molecule has 84 valence electrons. The van der Waals surface area contributed by atoms with Crippen LogP contribution in [0.1, 0.15) is 12.0 Å². The van der Waals surface area contributed by atoms with E-state index in [1.165, 1.54) is 0 Å². The van der Waals surface area contributed by atoms with Crippen LogP contribution in [-0.4, -0.2) is 29.5 Å². The largest absolute Gasteiger partial charge is 0.493 e. The molecule has 1 aromatic carbocycles. The topological polar surface area (TPSA) is 75.7 Å². The predicted octanol–water partition coefficient (Wildman–Crippen LogP) is 0.267. The van der Waals surface area contributed by atoms with Gasteiger partial charge in [-0.25, -0.2) is 0 Å². The van der Waals surface area contributed by atoms with Crippen molar-refractivity contribution in [3.63, 3.8) is 0 Å². The van der Waals surface area contributed by atoms with Crippen molar-refractivity contribution in [2.24, 2.45) is 5.73 Å². The van der Waals surface area contributed by atoms with Crippen molar-refractivity contribution in [1.82, 2.24) is 0 Å². The molecule has 1 unspecified atom stereocenters. The van der Waals surface area contributed by atoms with E-state index in [-0.39, 0.29) is 19.3 Å². The zero-order chi connectivity index (χ0) is 11.1. The van der Waals surface area contributed by atoms with Gasteiger partial charge in [0.15, 0.2) is 0 Å². The van der Waals surface area contributed by atoms with Gasteiger partial charge in [0.25, 0.3) is 0 Å². The van der Waals surface area contributed by atoms with Crippen LogP contribution >= 0.6 is 0 Å². The summed E-state index contributed by atoms with van der Waals surface area (Å²) in [5.74, 6) is 0.671. The molecule has 0 spiro atoms. The van der Waals surface area contributed by atoms with Gasteiger partial charge in [0.05, 0.1) is 19.8 Å². The third-order valence-corrected chi connectivity index (χ3v) is 2.12. The van der Waals surface area contributed by atoms with Crippen LogP contribution in [0, 0.1) is 0 Å². The Balaban J connectivity index is 2.43. The van der Waals surface area contributed by atoms with Gasteiger partial charge in [0.2, 0.25) is 0 Å². The minimum atomic E-state index is -0.244. The first-order valence-corrected chi connectivity index (χ1v) is 4.96. The number of rotatable bonds is 6.